The molecule has 2 nitrogen and oxygen atoms in total. The van der Waals surface area contributed by atoms with E-state index in [9.17, 15) is 10.2 Å². The van der Waals surface area contributed by atoms with Crippen LogP contribution in [0.2, 0.25) is 0 Å². The van der Waals surface area contributed by atoms with Crippen LogP contribution in [0.4, 0.5) is 0 Å². The molecule has 0 radical (unpaired) electrons. The molecule has 0 heterocycles. The molecule has 0 aromatic heterocycles. The minimum Gasteiger partial charge on any atom is -0.390 e. The topological polar surface area (TPSA) is 40.5 Å². The first kappa shape index (κ1) is 12.9. The zero-order valence-electron chi connectivity index (χ0n) is 11.7. The quantitative estimate of drug-likeness (QED) is 0.736. The third kappa shape index (κ3) is 2.22. The van der Waals surface area contributed by atoms with E-state index >= 15 is 0 Å². The van der Waals surface area contributed by atoms with E-state index in [4.69, 9.17) is 0 Å². The Morgan fingerprint density at radius 3 is 2.11 bits per heavy atom. The zero-order valence-corrected chi connectivity index (χ0v) is 11.7. The van der Waals surface area contributed by atoms with Gasteiger partial charge >= 0.3 is 0 Å². The Balaban J connectivity index is 1.69. The van der Waals surface area contributed by atoms with E-state index in [0.29, 0.717) is 12.3 Å². The van der Waals surface area contributed by atoms with Gasteiger partial charge in [-0.15, -0.1) is 0 Å². The van der Waals surface area contributed by atoms with E-state index in [-0.39, 0.29) is 5.41 Å². The monoisotopic (exact) mass is 252 g/mol. The third-order valence-electron chi connectivity index (χ3n) is 5.69. The van der Waals surface area contributed by atoms with Crippen LogP contribution in [0.1, 0.15) is 77.6 Å². The molecule has 2 unspecified atom stereocenters. The molecule has 104 valence electrons. The molecule has 4 bridgehead atoms. The molecule has 2 N–H and O–H groups in total. The fourth-order valence-corrected chi connectivity index (χ4v) is 5.74. The lowest BCUT2D eigenvalue weighted by molar-refractivity contribution is -0.231. The normalized spacial score (nSPS) is 49.8. The number of rotatable bonds is 5. The van der Waals surface area contributed by atoms with Crippen molar-refractivity contribution in [2.75, 3.05) is 0 Å². The summed E-state index contributed by atoms with van der Waals surface area (Å²) in [6, 6.07) is 0. The summed E-state index contributed by atoms with van der Waals surface area (Å²) in [6.45, 7) is 2.25. The van der Waals surface area contributed by atoms with Crippen LogP contribution in [-0.4, -0.2) is 21.4 Å². The maximum Gasteiger partial charge on any atom is 0.0683 e. The second-order valence-corrected chi connectivity index (χ2v) is 7.77. The van der Waals surface area contributed by atoms with E-state index in [2.05, 4.69) is 6.92 Å². The molecular formula is C16H28O2. The van der Waals surface area contributed by atoms with Gasteiger partial charge in [-0.2, -0.15) is 0 Å². The standard InChI is InChI=1S/C16H28O2/c1-2-3-4-5-6-14-7-13-8-15(17,10-14)12-16(18,9-13)11-14/h13,17-18H,2-12H2,1H3. The van der Waals surface area contributed by atoms with E-state index in [1.807, 2.05) is 0 Å². The van der Waals surface area contributed by atoms with E-state index in [0.717, 1.165) is 25.7 Å². The number of hydrogen-bond donors (Lipinski definition) is 2. The van der Waals surface area contributed by atoms with Crippen molar-refractivity contribution in [2.24, 2.45) is 11.3 Å². The van der Waals surface area contributed by atoms with Gasteiger partial charge in [0.25, 0.3) is 0 Å². The first-order valence-corrected chi connectivity index (χ1v) is 7.91. The molecular weight excluding hydrogens is 224 g/mol. The fourth-order valence-electron chi connectivity index (χ4n) is 5.74. The largest absolute Gasteiger partial charge is 0.390 e. The Hall–Kier alpha value is -0.0800. The van der Waals surface area contributed by atoms with Gasteiger partial charge in [0.2, 0.25) is 0 Å². The maximum atomic E-state index is 10.7. The second kappa shape index (κ2) is 4.21. The van der Waals surface area contributed by atoms with Gasteiger partial charge in [0.15, 0.2) is 0 Å². The van der Waals surface area contributed by atoms with E-state index in [1.165, 1.54) is 38.5 Å². The minimum absolute atomic E-state index is 0.274. The first-order chi connectivity index (χ1) is 8.47. The average Bonchev–Trinajstić information content (AvgIpc) is 2.19. The molecule has 2 atom stereocenters. The van der Waals surface area contributed by atoms with Gasteiger partial charge < -0.3 is 10.2 Å². The maximum absolute atomic E-state index is 10.7. The molecule has 0 spiro atoms. The van der Waals surface area contributed by atoms with Crippen molar-refractivity contribution >= 4 is 0 Å². The summed E-state index contributed by atoms with van der Waals surface area (Å²) in [5, 5.41) is 21.4. The predicted molar refractivity (Wildman–Crippen MR) is 72.3 cm³/mol. The molecule has 4 saturated carbocycles. The SMILES string of the molecule is CCCCCCC12CC3CC(O)(CC(O)(C3)C1)C2. The summed E-state index contributed by atoms with van der Waals surface area (Å²) >= 11 is 0. The van der Waals surface area contributed by atoms with Gasteiger partial charge in [-0.25, -0.2) is 0 Å². The van der Waals surface area contributed by atoms with Gasteiger partial charge in [0.05, 0.1) is 11.2 Å². The van der Waals surface area contributed by atoms with Crippen LogP contribution in [0.5, 0.6) is 0 Å². The molecule has 0 amide bonds. The molecule has 0 saturated heterocycles. The first-order valence-electron chi connectivity index (χ1n) is 7.91. The van der Waals surface area contributed by atoms with E-state index < -0.39 is 11.2 Å². The molecule has 0 aromatic rings. The Bertz CT molecular complexity index is 307. The van der Waals surface area contributed by atoms with Crippen molar-refractivity contribution in [3.05, 3.63) is 0 Å². The zero-order chi connectivity index (χ0) is 12.9. The summed E-state index contributed by atoms with van der Waals surface area (Å²) in [5.74, 6) is 0.586. The van der Waals surface area contributed by atoms with E-state index in [1.54, 1.807) is 0 Å². The van der Waals surface area contributed by atoms with Gasteiger partial charge in [-0.05, 0) is 49.9 Å². The van der Waals surface area contributed by atoms with Crippen molar-refractivity contribution in [2.45, 2.75) is 88.8 Å². The van der Waals surface area contributed by atoms with Crippen LogP contribution >= 0.6 is 0 Å². The predicted octanol–water partition coefficient (Wildman–Crippen LogP) is 3.40. The molecule has 2 heteroatoms. The van der Waals surface area contributed by atoms with Crippen molar-refractivity contribution in [3.8, 4) is 0 Å². The summed E-state index contributed by atoms with van der Waals surface area (Å²) in [7, 11) is 0. The molecule has 4 rings (SSSR count). The summed E-state index contributed by atoms with van der Waals surface area (Å²) < 4.78 is 0. The number of unbranched alkanes of at least 4 members (excludes halogenated alkanes) is 3. The molecule has 4 aliphatic rings. The van der Waals surface area contributed by atoms with Gasteiger partial charge in [0, 0.05) is 6.42 Å². The van der Waals surface area contributed by atoms with Crippen LogP contribution in [0.15, 0.2) is 0 Å². The molecule has 4 fully saturated rings. The molecule has 0 aliphatic heterocycles. The Labute approximate surface area is 111 Å². The highest BCUT2D eigenvalue weighted by Gasteiger charge is 2.62. The summed E-state index contributed by atoms with van der Waals surface area (Å²) in [6.07, 6.45) is 12.2. The van der Waals surface area contributed by atoms with Crippen LogP contribution in [-0.2, 0) is 0 Å². The number of hydrogen-bond acceptors (Lipinski definition) is 2. The summed E-state index contributed by atoms with van der Waals surface area (Å²) in [5.41, 5.74) is -0.783. The smallest absolute Gasteiger partial charge is 0.0683 e. The highest BCUT2D eigenvalue weighted by Crippen LogP contribution is 2.64. The second-order valence-electron chi connectivity index (χ2n) is 7.77. The van der Waals surface area contributed by atoms with Gasteiger partial charge in [0.1, 0.15) is 0 Å². The van der Waals surface area contributed by atoms with Crippen molar-refractivity contribution in [3.63, 3.8) is 0 Å². The average molecular weight is 252 g/mol. The lowest BCUT2D eigenvalue weighted by Gasteiger charge is -2.63. The van der Waals surface area contributed by atoms with Gasteiger partial charge in [-0.3, -0.25) is 0 Å². The lowest BCUT2D eigenvalue weighted by atomic mass is 9.45. The molecule has 0 aromatic carbocycles. The third-order valence-corrected chi connectivity index (χ3v) is 5.69. The summed E-state index contributed by atoms with van der Waals surface area (Å²) in [4.78, 5) is 0. The van der Waals surface area contributed by atoms with Crippen molar-refractivity contribution in [1.82, 2.24) is 0 Å². The molecule has 4 aliphatic carbocycles. The Kier molecular flexibility index (Phi) is 3.02. The van der Waals surface area contributed by atoms with Crippen LogP contribution in [0, 0.1) is 11.3 Å². The van der Waals surface area contributed by atoms with Crippen LogP contribution < -0.4 is 0 Å². The minimum atomic E-state index is -0.529. The van der Waals surface area contributed by atoms with Crippen LogP contribution in [0.25, 0.3) is 0 Å². The Morgan fingerprint density at radius 1 is 0.889 bits per heavy atom. The fraction of sp³-hybridized carbons (Fsp3) is 1.00. The highest BCUT2D eigenvalue weighted by molar-refractivity contribution is 5.14. The Morgan fingerprint density at radius 2 is 1.56 bits per heavy atom. The van der Waals surface area contributed by atoms with Gasteiger partial charge in [-0.1, -0.05) is 32.6 Å². The molecule has 18 heavy (non-hydrogen) atoms. The lowest BCUT2D eigenvalue weighted by Crippen LogP contribution is -2.63. The van der Waals surface area contributed by atoms with Crippen molar-refractivity contribution in [1.29, 1.82) is 0 Å². The van der Waals surface area contributed by atoms with Crippen molar-refractivity contribution < 1.29 is 10.2 Å². The number of aliphatic hydroxyl groups is 2. The highest BCUT2D eigenvalue weighted by atomic mass is 16.3. The van der Waals surface area contributed by atoms with Crippen LogP contribution in [0.3, 0.4) is 0 Å².